The molecule has 0 aromatic carbocycles. The van der Waals surface area contributed by atoms with E-state index in [1.54, 1.807) is 0 Å². The first-order valence-electron chi connectivity index (χ1n) is 0. The third kappa shape index (κ3) is 51.5. The predicted molar refractivity (Wildman–Crippen MR) is 0 cm³/mol. The molecule has 0 amide bonds. The fourth-order valence-corrected chi connectivity index (χ4v) is 0. The van der Waals surface area contributed by atoms with Crippen molar-refractivity contribution < 1.29 is 218 Å². The van der Waals surface area contributed by atoms with Crippen LogP contribution in [0.5, 0.6) is 0 Å². The molecular formula is Nd2Ru7. The zero-order chi connectivity index (χ0) is 0. The van der Waals surface area contributed by atoms with E-state index >= 15 is 0 Å². The van der Waals surface area contributed by atoms with Crippen LogP contribution in [0, 0.1) is 81.7 Å². The topological polar surface area (TPSA) is 0 Å². The zero-order valence-electron chi connectivity index (χ0n) is 3.47. The van der Waals surface area contributed by atoms with Crippen LogP contribution in [0.1, 0.15) is 0 Å². The average molecular weight is 996 g/mol. The van der Waals surface area contributed by atoms with Crippen LogP contribution >= 0.6 is 0 Å². The van der Waals surface area contributed by atoms with Gasteiger partial charge in [-0.1, -0.05) is 0 Å². The van der Waals surface area contributed by atoms with E-state index in [1.807, 2.05) is 0 Å². The molecule has 0 radical (unpaired) electrons. The maximum absolute atomic E-state index is 0. The molecule has 0 fully saturated rings. The van der Waals surface area contributed by atoms with Gasteiger partial charge in [-0.15, -0.1) is 0 Å². The van der Waals surface area contributed by atoms with Crippen LogP contribution in [0.2, 0.25) is 0 Å². The number of rotatable bonds is 0. The van der Waals surface area contributed by atoms with Crippen molar-refractivity contribution in [3.8, 4) is 0 Å². The molecule has 0 saturated carbocycles. The largest absolute Gasteiger partial charge is 0 e. The minimum absolute atomic E-state index is 0. The van der Waals surface area contributed by atoms with Crippen LogP contribution in [0.15, 0.2) is 0 Å². The zero-order valence-corrected chi connectivity index (χ0v) is 22.1. The van der Waals surface area contributed by atoms with E-state index in [1.165, 1.54) is 0 Å². The van der Waals surface area contributed by atoms with Crippen molar-refractivity contribution >= 4 is 0 Å². The molecule has 0 aliphatic heterocycles. The minimum Gasteiger partial charge on any atom is 0 e. The summed E-state index contributed by atoms with van der Waals surface area (Å²) in [5.41, 5.74) is 0. The molecule has 0 aliphatic carbocycles. The van der Waals surface area contributed by atoms with E-state index in [9.17, 15) is 0 Å². The molecule has 0 heterocycles. The molecule has 0 aromatic heterocycles. The molecule has 0 atom stereocenters. The van der Waals surface area contributed by atoms with Crippen molar-refractivity contribution in [3.05, 3.63) is 0 Å². The summed E-state index contributed by atoms with van der Waals surface area (Å²) in [5.74, 6) is 0. The Bertz CT molecular complexity index is 6.88. The van der Waals surface area contributed by atoms with E-state index in [0.717, 1.165) is 0 Å². The summed E-state index contributed by atoms with van der Waals surface area (Å²) >= 11 is 0. The van der Waals surface area contributed by atoms with Crippen LogP contribution in [0.25, 0.3) is 0 Å². The van der Waals surface area contributed by atoms with Crippen LogP contribution < -0.4 is 0 Å². The SMILES string of the molecule is [Nd].[Nd].[Ru].[Ru].[Ru].[Ru].[Ru].[Ru].[Ru]. The summed E-state index contributed by atoms with van der Waals surface area (Å²) < 4.78 is 0. The van der Waals surface area contributed by atoms with Crippen molar-refractivity contribution in [1.29, 1.82) is 0 Å². The van der Waals surface area contributed by atoms with Gasteiger partial charge < -0.3 is 0 Å². The first kappa shape index (κ1) is 73.0. The van der Waals surface area contributed by atoms with Gasteiger partial charge in [-0.3, -0.25) is 0 Å². The Hall–Kier alpha value is 7.06. The molecule has 0 bridgehead atoms. The second kappa shape index (κ2) is 59.7. The van der Waals surface area contributed by atoms with Gasteiger partial charge in [0.25, 0.3) is 0 Å². The van der Waals surface area contributed by atoms with Gasteiger partial charge in [0.15, 0.2) is 0 Å². The predicted octanol–water partition coefficient (Wildman–Crippen LogP) is -0.0175. The van der Waals surface area contributed by atoms with E-state index in [2.05, 4.69) is 0 Å². The molecule has 9 heavy (non-hydrogen) atoms. The fraction of sp³-hybridized carbons (Fsp3) is 0. The van der Waals surface area contributed by atoms with Crippen molar-refractivity contribution in [2.24, 2.45) is 0 Å². The molecule has 0 nitrogen and oxygen atoms in total. The molecule has 64 valence electrons. The van der Waals surface area contributed by atoms with Gasteiger partial charge >= 0.3 is 0 Å². The molecule has 0 aliphatic rings. The van der Waals surface area contributed by atoms with Crippen LogP contribution in [0.3, 0.4) is 0 Å². The Balaban J connectivity index is 0. The van der Waals surface area contributed by atoms with E-state index < -0.39 is 0 Å². The van der Waals surface area contributed by atoms with Gasteiger partial charge in [-0.25, -0.2) is 0 Å². The Kier molecular flexibility index (Phi) is 485. The quantitative estimate of drug-likeness (QED) is 0.300. The van der Waals surface area contributed by atoms with Crippen LogP contribution in [-0.2, 0) is 136 Å². The summed E-state index contributed by atoms with van der Waals surface area (Å²) in [6.07, 6.45) is 0. The first-order chi connectivity index (χ1) is 0. The second-order valence-electron chi connectivity index (χ2n) is 0. The van der Waals surface area contributed by atoms with E-state index in [0.29, 0.717) is 0 Å². The Morgan fingerprint density at radius 2 is 0.222 bits per heavy atom. The van der Waals surface area contributed by atoms with Crippen molar-refractivity contribution in [3.63, 3.8) is 0 Å². The Morgan fingerprint density at radius 3 is 0.222 bits per heavy atom. The van der Waals surface area contributed by atoms with Crippen molar-refractivity contribution in [2.75, 3.05) is 0 Å². The monoisotopic (exact) mass is 997 g/mol. The van der Waals surface area contributed by atoms with Crippen LogP contribution in [-0.4, -0.2) is 0 Å². The number of hydrogen-bond acceptors (Lipinski definition) is 0. The maximum Gasteiger partial charge on any atom is 0 e. The normalized spacial score (nSPS) is 0. The fourth-order valence-electron chi connectivity index (χ4n) is 0. The second-order valence-corrected chi connectivity index (χ2v) is 0. The average Bonchev–Trinajstić information content (AvgIpc) is 0. The van der Waals surface area contributed by atoms with Gasteiger partial charge in [0.2, 0.25) is 0 Å². The van der Waals surface area contributed by atoms with Crippen molar-refractivity contribution in [1.82, 2.24) is 0 Å². The molecule has 9 heteroatoms. The van der Waals surface area contributed by atoms with E-state index in [-0.39, 0.29) is 218 Å². The third-order valence-electron chi connectivity index (χ3n) is 0. The molecule has 0 rings (SSSR count). The van der Waals surface area contributed by atoms with Crippen molar-refractivity contribution in [2.45, 2.75) is 0 Å². The summed E-state index contributed by atoms with van der Waals surface area (Å²) in [7, 11) is 0. The first-order valence-corrected chi connectivity index (χ1v) is 0. The number of hydrogen-bond donors (Lipinski definition) is 0. The molecular weight excluding hydrogens is 996 g/mol. The van der Waals surface area contributed by atoms with E-state index in [4.69, 9.17) is 0 Å². The third-order valence-corrected chi connectivity index (χ3v) is 0. The summed E-state index contributed by atoms with van der Waals surface area (Å²) in [5, 5.41) is 0. The molecule has 0 aromatic rings. The van der Waals surface area contributed by atoms with Gasteiger partial charge in [-0.05, 0) is 0 Å². The Labute approximate surface area is 212 Å². The summed E-state index contributed by atoms with van der Waals surface area (Å²) in [6, 6.07) is 0. The van der Waals surface area contributed by atoms with Gasteiger partial charge in [0.1, 0.15) is 0 Å². The van der Waals surface area contributed by atoms with Gasteiger partial charge in [0.05, 0.1) is 0 Å². The van der Waals surface area contributed by atoms with Crippen LogP contribution in [0.4, 0.5) is 0 Å². The Morgan fingerprint density at radius 1 is 0.222 bits per heavy atom. The smallest absolute Gasteiger partial charge is 0 e. The molecule has 0 N–H and O–H groups in total. The van der Waals surface area contributed by atoms with Gasteiger partial charge in [-0.2, -0.15) is 0 Å². The molecule has 0 unspecified atom stereocenters. The molecule has 0 spiro atoms. The standard InChI is InChI=1S/2Nd.7Ru. The van der Waals surface area contributed by atoms with Gasteiger partial charge in [0, 0.05) is 218 Å². The molecule has 0 saturated heterocycles. The summed E-state index contributed by atoms with van der Waals surface area (Å²) in [4.78, 5) is 0. The maximum atomic E-state index is 0. The summed E-state index contributed by atoms with van der Waals surface area (Å²) in [6.45, 7) is 0. The minimum atomic E-state index is 0.